The van der Waals surface area contributed by atoms with E-state index in [1.54, 1.807) is 0 Å². The number of imide groups is 1. The first-order chi connectivity index (χ1) is 6.77. The molecule has 0 spiro atoms. The first kappa shape index (κ1) is 9.19. The summed E-state index contributed by atoms with van der Waals surface area (Å²) in [5, 5.41) is 0. The Morgan fingerprint density at radius 3 is 2.50 bits per heavy atom. The Morgan fingerprint density at radius 2 is 1.93 bits per heavy atom. The highest BCUT2D eigenvalue weighted by molar-refractivity contribution is 6.12. The van der Waals surface area contributed by atoms with Crippen molar-refractivity contribution in [3.63, 3.8) is 0 Å². The molecule has 3 nitrogen and oxygen atoms in total. The van der Waals surface area contributed by atoms with Crippen LogP contribution >= 0.6 is 0 Å². The van der Waals surface area contributed by atoms with Crippen molar-refractivity contribution in [1.82, 2.24) is 4.90 Å². The Morgan fingerprint density at radius 1 is 1.21 bits per heavy atom. The number of carbonyl (C=O) groups excluding carboxylic acids is 2. The van der Waals surface area contributed by atoms with Crippen molar-refractivity contribution >= 4 is 11.8 Å². The average molecular weight is 191 g/mol. The van der Waals surface area contributed by atoms with E-state index in [0.717, 1.165) is 19.3 Å². The summed E-state index contributed by atoms with van der Waals surface area (Å²) in [7, 11) is 0. The summed E-state index contributed by atoms with van der Waals surface area (Å²) < 4.78 is 0. The molecule has 0 aromatic rings. The predicted molar refractivity (Wildman–Crippen MR) is 52.4 cm³/mol. The number of nitrogens with zero attached hydrogens (tertiary/aromatic N) is 1. The van der Waals surface area contributed by atoms with Crippen LogP contribution in [0.2, 0.25) is 0 Å². The quantitative estimate of drug-likeness (QED) is 0.499. The summed E-state index contributed by atoms with van der Waals surface area (Å²) in [5.74, 6) is -0.345. The minimum absolute atomic E-state index is 0.173. The molecule has 1 aliphatic heterocycles. The molecule has 2 amide bonds. The SMILES string of the molecule is O=C1C=CC(=O)N1CCC1=CCCC1. The van der Waals surface area contributed by atoms with Crippen molar-refractivity contribution in [1.29, 1.82) is 0 Å². The lowest BCUT2D eigenvalue weighted by molar-refractivity contribution is -0.136. The third-order valence-corrected chi connectivity index (χ3v) is 2.69. The van der Waals surface area contributed by atoms with Crippen LogP contribution in [0.15, 0.2) is 23.8 Å². The van der Waals surface area contributed by atoms with Gasteiger partial charge in [-0.25, -0.2) is 0 Å². The number of amides is 2. The zero-order valence-corrected chi connectivity index (χ0v) is 8.03. The summed E-state index contributed by atoms with van der Waals surface area (Å²) in [5.41, 5.74) is 1.39. The van der Waals surface area contributed by atoms with Crippen molar-refractivity contribution in [2.75, 3.05) is 6.54 Å². The minimum Gasteiger partial charge on any atom is -0.275 e. The number of allylic oxidation sites excluding steroid dienone is 1. The maximum atomic E-state index is 11.2. The van der Waals surface area contributed by atoms with Gasteiger partial charge in [-0.2, -0.15) is 0 Å². The smallest absolute Gasteiger partial charge is 0.253 e. The number of carbonyl (C=O) groups is 2. The van der Waals surface area contributed by atoms with Gasteiger partial charge in [0.05, 0.1) is 0 Å². The van der Waals surface area contributed by atoms with E-state index in [-0.39, 0.29) is 11.8 Å². The van der Waals surface area contributed by atoms with Crippen LogP contribution in [0.1, 0.15) is 25.7 Å². The van der Waals surface area contributed by atoms with E-state index in [4.69, 9.17) is 0 Å². The van der Waals surface area contributed by atoms with Crippen LogP contribution in [0.25, 0.3) is 0 Å². The van der Waals surface area contributed by atoms with Gasteiger partial charge in [-0.15, -0.1) is 0 Å². The Hall–Kier alpha value is -1.38. The van der Waals surface area contributed by atoms with Crippen molar-refractivity contribution in [2.45, 2.75) is 25.7 Å². The van der Waals surface area contributed by atoms with Gasteiger partial charge in [0.1, 0.15) is 0 Å². The molecule has 1 aliphatic carbocycles. The van der Waals surface area contributed by atoms with Crippen LogP contribution in [0, 0.1) is 0 Å². The molecule has 0 saturated heterocycles. The Kier molecular flexibility index (Phi) is 2.48. The number of hydrogen-bond donors (Lipinski definition) is 0. The predicted octanol–water partition coefficient (Wildman–Crippen LogP) is 1.41. The van der Waals surface area contributed by atoms with Crippen LogP contribution in [0.4, 0.5) is 0 Å². The zero-order chi connectivity index (χ0) is 9.97. The van der Waals surface area contributed by atoms with Crippen molar-refractivity contribution in [2.24, 2.45) is 0 Å². The van der Waals surface area contributed by atoms with E-state index in [1.165, 1.54) is 29.0 Å². The van der Waals surface area contributed by atoms with E-state index in [9.17, 15) is 9.59 Å². The maximum absolute atomic E-state index is 11.2. The fraction of sp³-hybridized carbons (Fsp3) is 0.455. The molecule has 0 aromatic carbocycles. The van der Waals surface area contributed by atoms with Crippen LogP contribution in [-0.4, -0.2) is 23.3 Å². The maximum Gasteiger partial charge on any atom is 0.253 e. The fourth-order valence-corrected chi connectivity index (χ4v) is 1.87. The lowest BCUT2D eigenvalue weighted by Crippen LogP contribution is -2.31. The average Bonchev–Trinajstić information content (AvgIpc) is 2.76. The van der Waals surface area contributed by atoms with Gasteiger partial charge in [0, 0.05) is 18.7 Å². The largest absolute Gasteiger partial charge is 0.275 e. The highest BCUT2D eigenvalue weighted by atomic mass is 16.2. The Bertz CT molecular complexity index is 310. The van der Waals surface area contributed by atoms with E-state index in [2.05, 4.69) is 6.08 Å². The van der Waals surface area contributed by atoms with Gasteiger partial charge in [0.15, 0.2) is 0 Å². The molecule has 0 bridgehead atoms. The molecule has 3 heteroatoms. The van der Waals surface area contributed by atoms with Crippen LogP contribution in [0.5, 0.6) is 0 Å². The van der Waals surface area contributed by atoms with Crippen LogP contribution < -0.4 is 0 Å². The Labute approximate surface area is 83.1 Å². The van der Waals surface area contributed by atoms with Crippen molar-refractivity contribution < 1.29 is 9.59 Å². The molecule has 0 aromatic heterocycles. The number of rotatable bonds is 3. The first-order valence-corrected chi connectivity index (χ1v) is 4.99. The highest BCUT2D eigenvalue weighted by Gasteiger charge is 2.22. The molecular formula is C11H13NO2. The molecule has 0 N–H and O–H groups in total. The zero-order valence-electron chi connectivity index (χ0n) is 8.03. The van der Waals surface area contributed by atoms with E-state index in [0.29, 0.717) is 6.54 Å². The molecule has 0 unspecified atom stereocenters. The molecule has 2 rings (SSSR count). The summed E-state index contributed by atoms with van der Waals surface area (Å²) >= 11 is 0. The number of hydrogen-bond acceptors (Lipinski definition) is 2. The Balaban J connectivity index is 1.86. The summed E-state index contributed by atoms with van der Waals surface area (Å²) in [6, 6.07) is 0. The van der Waals surface area contributed by atoms with Crippen LogP contribution in [-0.2, 0) is 9.59 Å². The lowest BCUT2D eigenvalue weighted by Gasteiger charge is -2.13. The summed E-state index contributed by atoms with van der Waals surface area (Å²) in [6.45, 7) is 0.538. The lowest BCUT2D eigenvalue weighted by atomic mass is 10.1. The van der Waals surface area contributed by atoms with Gasteiger partial charge in [0.2, 0.25) is 0 Å². The fourth-order valence-electron chi connectivity index (χ4n) is 1.87. The summed E-state index contributed by atoms with van der Waals surface area (Å²) in [4.78, 5) is 23.7. The van der Waals surface area contributed by atoms with Gasteiger partial charge < -0.3 is 0 Å². The molecule has 74 valence electrons. The molecule has 14 heavy (non-hydrogen) atoms. The standard InChI is InChI=1S/C11H13NO2/c13-10-5-6-11(14)12(10)8-7-9-3-1-2-4-9/h3,5-6H,1-2,4,7-8H2. The van der Waals surface area contributed by atoms with Crippen LogP contribution in [0.3, 0.4) is 0 Å². The van der Waals surface area contributed by atoms with Crippen molar-refractivity contribution in [3.8, 4) is 0 Å². The normalized spacial score (nSPS) is 20.9. The molecule has 2 aliphatic rings. The first-order valence-electron chi connectivity index (χ1n) is 4.99. The van der Waals surface area contributed by atoms with E-state index >= 15 is 0 Å². The van der Waals surface area contributed by atoms with E-state index < -0.39 is 0 Å². The van der Waals surface area contributed by atoms with Gasteiger partial charge in [-0.3, -0.25) is 14.5 Å². The molecule has 0 atom stereocenters. The third kappa shape index (κ3) is 1.76. The highest BCUT2D eigenvalue weighted by Crippen LogP contribution is 2.21. The second kappa shape index (κ2) is 3.78. The molecule has 0 saturated carbocycles. The van der Waals surface area contributed by atoms with Crippen molar-refractivity contribution in [3.05, 3.63) is 23.8 Å². The molecule has 1 heterocycles. The second-order valence-electron chi connectivity index (χ2n) is 3.67. The van der Waals surface area contributed by atoms with Gasteiger partial charge in [-0.05, 0) is 25.7 Å². The van der Waals surface area contributed by atoms with Gasteiger partial charge in [-0.1, -0.05) is 11.6 Å². The van der Waals surface area contributed by atoms with Gasteiger partial charge in [0.25, 0.3) is 11.8 Å². The van der Waals surface area contributed by atoms with E-state index in [1.807, 2.05) is 0 Å². The summed E-state index contributed by atoms with van der Waals surface area (Å²) in [6.07, 6.45) is 9.24. The third-order valence-electron chi connectivity index (χ3n) is 2.69. The van der Waals surface area contributed by atoms with Gasteiger partial charge >= 0.3 is 0 Å². The monoisotopic (exact) mass is 191 g/mol. The molecular weight excluding hydrogens is 178 g/mol. The minimum atomic E-state index is -0.173. The second-order valence-corrected chi connectivity index (χ2v) is 3.67. The molecule has 0 fully saturated rings. The topological polar surface area (TPSA) is 37.4 Å². The molecule has 0 radical (unpaired) electrons.